The molecule has 0 aromatic heterocycles. The van der Waals surface area contributed by atoms with Crippen molar-refractivity contribution in [1.82, 2.24) is 0 Å². The lowest BCUT2D eigenvalue weighted by molar-refractivity contribution is 0.807. The van der Waals surface area contributed by atoms with Crippen LogP contribution in [0.15, 0.2) is 4.99 Å². The van der Waals surface area contributed by atoms with Gasteiger partial charge in [-0.25, -0.2) is 0 Å². The summed E-state index contributed by atoms with van der Waals surface area (Å²) >= 11 is 5.38. The summed E-state index contributed by atoms with van der Waals surface area (Å²) in [5, 5.41) is 0. The Kier molecular flexibility index (Phi) is 11.5. The highest BCUT2D eigenvalue weighted by atomic mass is 35.5. The number of nitrogens with two attached hydrogens (primary N) is 1. The molecule has 62 valence electrons. The smallest absolute Gasteiger partial charge is 0.109 e. The van der Waals surface area contributed by atoms with E-state index in [0.29, 0.717) is 11.7 Å². The van der Waals surface area contributed by atoms with Gasteiger partial charge in [-0.05, 0) is 6.42 Å². The molecule has 0 aliphatic rings. The molecule has 0 saturated carbocycles. The number of halogens is 2. The largest absolute Gasteiger partial charge is 0.386 e. The van der Waals surface area contributed by atoms with Crippen molar-refractivity contribution in [3.05, 3.63) is 0 Å². The molecule has 0 aromatic rings. The highest BCUT2D eigenvalue weighted by Crippen LogP contribution is 1.86. The molecule has 2 N–H and O–H groups in total. The first-order valence-electron chi connectivity index (χ1n) is 3.16. The average Bonchev–Trinajstić information content (AvgIpc) is 1.89. The van der Waals surface area contributed by atoms with Crippen LogP contribution in [0.25, 0.3) is 0 Å². The maximum absolute atomic E-state index is 5.38. The van der Waals surface area contributed by atoms with Gasteiger partial charge in [0.05, 0.1) is 5.88 Å². The molecule has 0 heterocycles. The molecule has 0 amide bonds. The minimum atomic E-state index is 0. The molecule has 0 spiro atoms. The van der Waals surface area contributed by atoms with Gasteiger partial charge in [0.25, 0.3) is 0 Å². The van der Waals surface area contributed by atoms with Gasteiger partial charge < -0.3 is 5.73 Å². The first kappa shape index (κ1) is 12.7. The molecule has 2 nitrogen and oxygen atoms in total. The molecule has 4 heteroatoms. The van der Waals surface area contributed by atoms with Crippen LogP contribution in [-0.4, -0.2) is 18.3 Å². The molecule has 0 unspecified atom stereocenters. The lowest BCUT2D eigenvalue weighted by Crippen LogP contribution is -2.13. The third-order valence-corrected chi connectivity index (χ3v) is 1.24. The standard InChI is InChI=1S/C6H13ClN2.ClH/c1-2-3-4-9-6(8)5-7;/h2-5H2,1H3,(H2,8,9);1H. The molecule has 0 bridgehead atoms. The number of amidine groups is 1. The van der Waals surface area contributed by atoms with E-state index in [9.17, 15) is 0 Å². The Morgan fingerprint density at radius 3 is 2.60 bits per heavy atom. The molecule has 10 heavy (non-hydrogen) atoms. The third-order valence-electron chi connectivity index (χ3n) is 0.963. The van der Waals surface area contributed by atoms with Crippen molar-refractivity contribution in [2.75, 3.05) is 12.4 Å². The topological polar surface area (TPSA) is 38.4 Å². The minimum Gasteiger partial charge on any atom is -0.386 e. The third kappa shape index (κ3) is 8.05. The Bertz CT molecular complexity index is 93.7. The molecule has 0 atom stereocenters. The Morgan fingerprint density at radius 1 is 1.60 bits per heavy atom. The van der Waals surface area contributed by atoms with Crippen LogP contribution in [0.2, 0.25) is 0 Å². The molecule has 0 rings (SSSR count). The van der Waals surface area contributed by atoms with Crippen LogP contribution >= 0.6 is 24.0 Å². The normalized spacial score (nSPS) is 10.8. The van der Waals surface area contributed by atoms with Gasteiger partial charge in [-0.15, -0.1) is 24.0 Å². The van der Waals surface area contributed by atoms with Gasteiger partial charge in [-0.3, -0.25) is 4.99 Å². The van der Waals surface area contributed by atoms with Crippen molar-refractivity contribution in [1.29, 1.82) is 0 Å². The summed E-state index contributed by atoms with van der Waals surface area (Å²) in [4.78, 5) is 3.99. The Balaban J connectivity index is 0. The second-order valence-electron chi connectivity index (χ2n) is 1.86. The van der Waals surface area contributed by atoms with Crippen LogP contribution in [0.3, 0.4) is 0 Å². The fourth-order valence-electron chi connectivity index (χ4n) is 0.423. The second-order valence-corrected chi connectivity index (χ2v) is 2.13. The summed E-state index contributed by atoms with van der Waals surface area (Å²) in [5.74, 6) is 0.897. The fraction of sp³-hybridized carbons (Fsp3) is 0.833. The van der Waals surface area contributed by atoms with E-state index in [-0.39, 0.29) is 12.4 Å². The number of nitrogens with zero attached hydrogens (tertiary/aromatic N) is 1. The number of hydrogen-bond donors (Lipinski definition) is 1. The van der Waals surface area contributed by atoms with Crippen molar-refractivity contribution in [2.45, 2.75) is 19.8 Å². The van der Waals surface area contributed by atoms with Gasteiger partial charge in [-0.1, -0.05) is 13.3 Å². The lowest BCUT2D eigenvalue weighted by atomic mass is 10.3. The van der Waals surface area contributed by atoms with Gasteiger partial charge in [0, 0.05) is 6.54 Å². The van der Waals surface area contributed by atoms with Crippen LogP contribution in [0.4, 0.5) is 0 Å². The number of alkyl halides is 1. The van der Waals surface area contributed by atoms with E-state index in [2.05, 4.69) is 11.9 Å². The Labute approximate surface area is 73.3 Å². The molecular formula is C6H14Cl2N2. The lowest BCUT2D eigenvalue weighted by Gasteiger charge is -1.92. The maximum Gasteiger partial charge on any atom is 0.109 e. The van der Waals surface area contributed by atoms with Crippen LogP contribution in [0.1, 0.15) is 19.8 Å². The second kappa shape index (κ2) is 9.05. The predicted octanol–water partition coefficient (Wildman–Crippen LogP) is 1.80. The Morgan fingerprint density at radius 2 is 2.20 bits per heavy atom. The monoisotopic (exact) mass is 184 g/mol. The van der Waals surface area contributed by atoms with Crippen molar-refractivity contribution < 1.29 is 0 Å². The van der Waals surface area contributed by atoms with E-state index in [1.54, 1.807) is 0 Å². The van der Waals surface area contributed by atoms with Crippen molar-refractivity contribution in [3.63, 3.8) is 0 Å². The van der Waals surface area contributed by atoms with E-state index in [4.69, 9.17) is 17.3 Å². The summed E-state index contributed by atoms with van der Waals surface area (Å²) in [5.41, 5.74) is 5.33. The SMILES string of the molecule is CCCCN=C(N)CCl.Cl. The molecule has 0 aliphatic heterocycles. The van der Waals surface area contributed by atoms with Crippen LogP contribution < -0.4 is 5.73 Å². The summed E-state index contributed by atoms with van der Waals surface area (Å²) in [6.07, 6.45) is 2.25. The average molecular weight is 185 g/mol. The quantitative estimate of drug-likeness (QED) is 0.308. The number of aliphatic imine (C=N–C) groups is 1. The first-order chi connectivity index (χ1) is 4.31. The van der Waals surface area contributed by atoms with Gasteiger partial charge in [-0.2, -0.15) is 0 Å². The fourth-order valence-corrected chi connectivity index (χ4v) is 0.508. The molecule has 0 aliphatic carbocycles. The van der Waals surface area contributed by atoms with Crippen molar-refractivity contribution >= 4 is 29.8 Å². The maximum atomic E-state index is 5.38. The Hall–Kier alpha value is 0.0500. The van der Waals surface area contributed by atoms with Crippen LogP contribution in [-0.2, 0) is 0 Å². The molecule has 0 saturated heterocycles. The number of rotatable bonds is 4. The van der Waals surface area contributed by atoms with Crippen LogP contribution in [0.5, 0.6) is 0 Å². The molecule has 0 aromatic carbocycles. The predicted molar refractivity (Wildman–Crippen MR) is 49.4 cm³/mol. The zero-order chi connectivity index (χ0) is 7.11. The zero-order valence-corrected chi connectivity index (χ0v) is 7.71. The number of hydrogen-bond acceptors (Lipinski definition) is 1. The van der Waals surface area contributed by atoms with E-state index in [1.165, 1.54) is 0 Å². The highest BCUT2D eigenvalue weighted by molar-refractivity contribution is 6.27. The van der Waals surface area contributed by atoms with E-state index in [0.717, 1.165) is 19.4 Å². The first-order valence-corrected chi connectivity index (χ1v) is 3.69. The van der Waals surface area contributed by atoms with Gasteiger partial charge >= 0.3 is 0 Å². The van der Waals surface area contributed by atoms with Crippen molar-refractivity contribution in [2.24, 2.45) is 10.7 Å². The van der Waals surface area contributed by atoms with Gasteiger partial charge in [0.2, 0.25) is 0 Å². The summed E-state index contributed by atoms with van der Waals surface area (Å²) in [6.45, 7) is 2.93. The van der Waals surface area contributed by atoms with E-state index < -0.39 is 0 Å². The molecule has 0 fully saturated rings. The zero-order valence-electron chi connectivity index (χ0n) is 6.14. The van der Waals surface area contributed by atoms with Crippen molar-refractivity contribution in [3.8, 4) is 0 Å². The minimum absolute atomic E-state index is 0. The van der Waals surface area contributed by atoms with Crippen LogP contribution in [0, 0.1) is 0 Å². The van der Waals surface area contributed by atoms with E-state index in [1.807, 2.05) is 0 Å². The number of unbranched alkanes of at least 4 members (excludes halogenated alkanes) is 1. The van der Waals surface area contributed by atoms with Gasteiger partial charge in [0.1, 0.15) is 5.84 Å². The van der Waals surface area contributed by atoms with Gasteiger partial charge in [0.15, 0.2) is 0 Å². The molecular weight excluding hydrogens is 171 g/mol. The molecule has 0 radical (unpaired) electrons. The summed E-state index contributed by atoms with van der Waals surface area (Å²) in [7, 11) is 0. The highest BCUT2D eigenvalue weighted by Gasteiger charge is 1.85. The summed E-state index contributed by atoms with van der Waals surface area (Å²) < 4.78 is 0. The summed E-state index contributed by atoms with van der Waals surface area (Å²) in [6, 6.07) is 0. The van der Waals surface area contributed by atoms with E-state index >= 15 is 0 Å².